The van der Waals surface area contributed by atoms with Crippen molar-refractivity contribution in [1.29, 1.82) is 0 Å². The fraction of sp³-hybridized carbons (Fsp3) is 0.519. The van der Waals surface area contributed by atoms with Gasteiger partial charge in [-0.2, -0.15) is 0 Å². The molecular formula is C27H40N6O10. The molecule has 0 fully saturated rings. The number of benzene rings is 1. The number of phenols is 1. The number of carbonyl (C=O) groups is 7. The SMILES string of the molecule is CC(C)C[C@H](NC(=O)[C@H](Cc1ccc(O)cc1)NC(=O)[C@@H](N)CCC(=O)O)C(=O)N[C@@H](CC(N)=O)C(=O)N[C@H](C=O)CO. The predicted octanol–water partition coefficient (Wildman–Crippen LogP) is -2.82. The lowest BCUT2D eigenvalue weighted by molar-refractivity contribution is -0.137. The molecule has 0 saturated carbocycles. The van der Waals surface area contributed by atoms with Crippen molar-refractivity contribution >= 4 is 41.8 Å². The normalized spacial score (nSPS) is 14.3. The number of hydrogen-bond donors (Lipinski definition) is 9. The number of amides is 5. The van der Waals surface area contributed by atoms with Gasteiger partial charge in [-0.3, -0.25) is 28.8 Å². The van der Waals surface area contributed by atoms with Gasteiger partial charge in [-0.1, -0.05) is 26.0 Å². The number of aliphatic carboxylic acids is 1. The van der Waals surface area contributed by atoms with Crippen LogP contribution in [-0.2, 0) is 40.0 Å². The van der Waals surface area contributed by atoms with E-state index in [1.807, 2.05) is 0 Å². The van der Waals surface area contributed by atoms with E-state index < -0.39 is 78.7 Å². The number of carboxylic acids is 1. The first-order valence-electron chi connectivity index (χ1n) is 13.5. The van der Waals surface area contributed by atoms with Crippen LogP contribution in [0.5, 0.6) is 5.75 Å². The zero-order chi connectivity index (χ0) is 32.7. The van der Waals surface area contributed by atoms with Gasteiger partial charge in [0.15, 0.2) is 0 Å². The lowest BCUT2D eigenvalue weighted by atomic mass is 10.00. The lowest BCUT2D eigenvalue weighted by Gasteiger charge is -2.27. The Labute approximate surface area is 247 Å². The van der Waals surface area contributed by atoms with Crippen molar-refractivity contribution in [1.82, 2.24) is 21.3 Å². The third-order valence-electron chi connectivity index (χ3n) is 6.08. The maximum atomic E-state index is 13.4. The predicted molar refractivity (Wildman–Crippen MR) is 151 cm³/mol. The van der Waals surface area contributed by atoms with Gasteiger partial charge in [-0.15, -0.1) is 0 Å². The van der Waals surface area contributed by atoms with Crippen molar-refractivity contribution in [2.45, 2.75) is 76.2 Å². The molecule has 0 aliphatic carbocycles. The number of rotatable bonds is 19. The highest BCUT2D eigenvalue weighted by molar-refractivity contribution is 5.96. The third-order valence-corrected chi connectivity index (χ3v) is 6.08. The molecule has 0 heterocycles. The summed E-state index contributed by atoms with van der Waals surface area (Å²) >= 11 is 0. The van der Waals surface area contributed by atoms with Gasteiger partial charge in [0, 0.05) is 12.8 Å². The van der Waals surface area contributed by atoms with Crippen LogP contribution in [0.4, 0.5) is 0 Å². The summed E-state index contributed by atoms with van der Waals surface area (Å²) in [4.78, 5) is 85.5. The van der Waals surface area contributed by atoms with Crippen LogP contribution in [-0.4, -0.2) is 93.9 Å². The number of nitrogens with two attached hydrogens (primary N) is 2. The maximum absolute atomic E-state index is 13.4. The topological polar surface area (TPSA) is 280 Å². The molecule has 5 amide bonds. The van der Waals surface area contributed by atoms with Gasteiger partial charge in [-0.25, -0.2) is 0 Å². The number of primary amides is 1. The highest BCUT2D eigenvalue weighted by atomic mass is 16.4. The Kier molecular flexibility index (Phi) is 15.3. The summed E-state index contributed by atoms with van der Waals surface area (Å²) in [5.41, 5.74) is 11.5. The average molecular weight is 609 g/mol. The quantitative estimate of drug-likeness (QED) is 0.0722. The Morgan fingerprint density at radius 1 is 0.860 bits per heavy atom. The van der Waals surface area contributed by atoms with E-state index in [-0.39, 0.29) is 43.6 Å². The molecule has 1 aromatic rings. The summed E-state index contributed by atoms with van der Waals surface area (Å²) in [6, 6.07) is -0.878. The second kappa shape index (κ2) is 18.1. The van der Waals surface area contributed by atoms with Crippen molar-refractivity contribution in [3.8, 4) is 5.75 Å². The van der Waals surface area contributed by atoms with Gasteiger partial charge in [0.2, 0.25) is 29.5 Å². The van der Waals surface area contributed by atoms with E-state index in [2.05, 4.69) is 21.3 Å². The second-order valence-electron chi connectivity index (χ2n) is 10.3. The summed E-state index contributed by atoms with van der Waals surface area (Å²) in [5.74, 6) is -5.78. The van der Waals surface area contributed by atoms with Crippen LogP contribution in [0, 0.1) is 5.92 Å². The molecule has 5 atom stereocenters. The Balaban J connectivity index is 3.21. The van der Waals surface area contributed by atoms with Crippen molar-refractivity contribution in [3.63, 3.8) is 0 Å². The van der Waals surface area contributed by atoms with E-state index in [1.54, 1.807) is 13.8 Å². The molecule has 0 unspecified atom stereocenters. The number of carbonyl (C=O) groups excluding carboxylic acids is 6. The lowest BCUT2D eigenvalue weighted by Crippen LogP contribution is -2.59. The standard InChI is InChI=1S/C27H40N6O10/c1-14(2)9-19(26(42)33-21(11-22(29)37)25(41)30-16(12-34)13-35)32-27(43)20(10-15-3-5-17(36)6-4-15)31-24(40)18(28)7-8-23(38)39/h3-6,12,14,16,18-21,35-36H,7-11,13,28H2,1-2H3,(H2,29,37)(H,30,41)(H,31,40)(H,32,43)(H,33,42)(H,38,39)/t16-,18+,19+,20+,21+/m1/s1. The summed E-state index contributed by atoms with van der Waals surface area (Å²) in [5, 5.41) is 37.2. The van der Waals surface area contributed by atoms with Gasteiger partial charge < -0.3 is 52.8 Å². The Morgan fingerprint density at radius 3 is 1.91 bits per heavy atom. The Morgan fingerprint density at radius 2 is 1.40 bits per heavy atom. The van der Waals surface area contributed by atoms with Crippen molar-refractivity contribution < 1.29 is 48.9 Å². The molecule has 0 saturated heterocycles. The van der Waals surface area contributed by atoms with Crippen molar-refractivity contribution in [3.05, 3.63) is 29.8 Å². The number of hydrogen-bond acceptors (Lipinski definition) is 10. The molecule has 1 rings (SSSR count). The number of nitrogens with one attached hydrogen (secondary N) is 4. The van der Waals surface area contributed by atoms with Crippen LogP contribution in [0.1, 0.15) is 45.1 Å². The Hall–Kier alpha value is -4.57. The van der Waals surface area contributed by atoms with Crippen molar-refractivity contribution in [2.24, 2.45) is 17.4 Å². The highest BCUT2D eigenvalue weighted by Gasteiger charge is 2.32. The first kappa shape index (κ1) is 36.5. The van der Waals surface area contributed by atoms with Crippen LogP contribution in [0.2, 0.25) is 0 Å². The largest absolute Gasteiger partial charge is 0.508 e. The first-order valence-corrected chi connectivity index (χ1v) is 13.5. The summed E-state index contributed by atoms with van der Waals surface area (Å²) in [6.07, 6.45) is -0.998. The molecule has 238 valence electrons. The monoisotopic (exact) mass is 608 g/mol. The van der Waals surface area contributed by atoms with Gasteiger partial charge >= 0.3 is 5.97 Å². The molecule has 0 aromatic heterocycles. The summed E-state index contributed by atoms with van der Waals surface area (Å²) < 4.78 is 0. The fourth-order valence-electron chi connectivity index (χ4n) is 3.83. The molecule has 0 radical (unpaired) electrons. The maximum Gasteiger partial charge on any atom is 0.303 e. The molecule has 0 aliphatic rings. The van der Waals surface area contributed by atoms with Gasteiger partial charge in [0.05, 0.1) is 19.1 Å². The molecule has 1 aromatic carbocycles. The highest BCUT2D eigenvalue weighted by Crippen LogP contribution is 2.13. The van der Waals surface area contributed by atoms with Crippen LogP contribution in [0.15, 0.2) is 24.3 Å². The Bertz CT molecular complexity index is 1140. The van der Waals surface area contributed by atoms with Gasteiger partial charge in [0.25, 0.3) is 0 Å². The van der Waals surface area contributed by atoms with E-state index in [4.69, 9.17) is 16.6 Å². The number of aldehydes is 1. The summed E-state index contributed by atoms with van der Waals surface area (Å²) in [7, 11) is 0. The van der Waals surface area contributed by atoms with Crippen LogP contribution in [0.3, 0.4) is 0 Å². The van der Waals surface area contributed by atoms with Crippen LogP contribution < -0.4 is 32.7 Å². The van der Waals surface area contributed by atoms with Crippen molar-refractivity contribution in [2.75, 3.05) is 6.61 Å². The number of aliphatic hydroxyl groups excluding tert-OH is 1. The molecule has 0 aliphatic heterocycles. The minimum Gasteiger partial charge on any atom is -0.508 e. The van der Waals surface area contributed by atoms with E-state index in [0.29, 0.717) is 5.56 Å². The van der Waals surface area contributed by atoms with Crippen LogP contribution in [0.25, 0.3) is 0 Å². The zero-order valence-electron chi connectivity index (χ0n) is 23.9. The third kappa shape index (κ3) is 13.8. The zero-order valence-corrected chi connectivity index (χ0v) is 23.9. The fourth-order valence-corrected chi connectivity index (χ4v) is 3.83. The average Bonchev–Trinajstić information content (AvgIpc) is 2.93. The van der Waals surface area contributed by atoms with Crippen LogP contribution >= 0.6 is 0 Å². The van der Waals surface area contributed by atoms with E-state index in [9.17, 15) is 43.8 Å². The smallest absolute Gasteiger partial charge is 0.303 e. The molecule has 16 nitrogen and oxygen atoms in total. The number of phenolic OH excluding ortho intramolecular Hbond substituents is 1. The first-order chi connectivity index (χ1) is 20.2. The van der Waals surface area contributed by atoms with Gasteiger partial charge in [-0.05, 0) is 36.5 Å². The minimum atomic E-state index is -1.54. The molecular weight excluding hydrogens is 568 g/mol. The number of carboxylic acid groups (broad SMARTS) is 1. The van der Waals surface area contributed by atoms with E-state index in [0.717, 1.165) is 0 Å². The minimum absolute atomic E-state index is 0.0360. The second-order valence-corrected chi connectivity index (χ2v) is 10.3. The molecule has 11 N–H and O–H groups in total. The molecule has 0 bridgehead atoms. The number of aliphatic hydroxyl groups is 1. The number of aromatic hydroxyl groups is 1. The summed E-state index contributed by atoms with van der Waals surface area (Å²) in [6.45, 7) is 2.78. The van der Waals surface area contributed by atoms with E-state index in [1.165, 1.54) is 24.3 Å². The van der Waals surface area contributed by atoms with E-state index >= 15 is 0 Å². The molecule has 16 heteroatoms. The molecule has 0 spiro atoms. The molecule has 43 heavy (non-hydrogen) atoms. The van der Waals surface area contributed by atoms with Gasteiger partial charge in [0.1, 0.15) is 36.2 Å².